The Morgan fingerprint density at radius 3 is 2.65 bits per heavy atom. The van der Waals surface area contributed by atoms with Crippen molar-refractivity contribution in [2.24, 2.45) is 11.8 Å². The Bertz CT molecular complexity index is 544. The molecule has 1 aliphatic heterocycles. The molecule has 6 heteroatoms. The Morgan fingerprint density at radius 1 is 1.35 bits per heavy atom. The van der Waals surface area contributed by atoms with E-state index in [0.717, 1.165) is 43.6 Å². The predicted octanol–water partition coefficient (Wildman–Crippen LogP) is 1.38. The van der Waals surface area contributed by atoms with E-state index >= 15 is 0 Å². The van der Waals surface area contributed by atoms with Crippen molar-refractivity contribution >= 4 is 5.91 Å². The molecule has 0 spiro atoms. The fourth-order valence-corrected chi connectivity index (χ4v) is 6.04. The average Bonchev–Trinajstić information content (AvgIpc) is 2.93. The molecule has 5 aliphatic rings. The molecule has 4 saturated carbocycles. The summed E-state index contributed by atoms with van der Waals surface area (Å²) in [7, 11) is 0. The minimum atomic E-state index is -0.696. The average molecular weight is 318 g/mol. The highest BCUT2D eigenvalue weighted by molar-refractivity contribution is 5.79. The highest BCUT2D eigenvalue weighted by Crippen LogP contribution is 2.59. The molecular formula is C17H24N3O3-. The minimum absolute atomic E-state index is 0.173. The predicted molar refractivity (Wildman–Crippen MR) is 82.8 cm³/mol. The summed E-state index contributed by atoms with van der Waals surface area (Å²) in [5, 5.41) is 33.7. The van der Waals surface area contributed by atoms with Gasteiger partial charge in [-0.2, -0.15) is 5.26 Å². The van der Waals surface area contributed by atoms with Crippen LogP contribution < -0.4 is 0 Å². The van der Waals surface area contributed by atoms with Gasteiger partial charge in [0.05, 0.1) is 18.2 Å². The minimum Gasteiger partial charge on any atom is -0.784 e. The van der Waals surface area contributed by atoms with E-state index in [4.69, 9.17) is 5.26 Å². The lowest BCUT2D eigenvalue weighted by Crippen LogP contribution is -2.65. The Labute approximate surface area is 136 Å². The quantitative estimate of drug-likeness (QED) is 0.794. The Kier molecular flexibility index (Phi) is 3.45. The maximum absolute atomic E-state index is 12.9. The fraction of sp³-hybridized carbons (Fsp3) is 0.882. The first-order valence-electron chi connectivity index (χ1n) is 8.79. The molecule has 4 bridgehead atoms. The van der Waals surface area contributed by atoms with E-state index in [0.29, 0.717) is 31.2 Å². The lowest BCUT2D eigenvalue weighted by Gasteiger charge is -2.65. The van der Waals surface area contributed by atoms with Gasteiger partial charge in [0.2, 0.25) is 5.91 Å². The molecule has 4 aliphatic carbocycles. The van der Waals surface area contributed by atoms with Crippen LogP contribution in [0.3, 0.4) is 0 Å². The van der Waals surface area contributed by atoms with E-state index in [1.807, 2.05) is 0 Å². The molecule has 1 amide bonds. The molecule has 1 saturated heterocycles. The van der Waals surface area contributed by atoms with Gasteiger partial charge >= 0.3 is 0 Å². The van der Waals surface area contributed by atoms with Gasteiger partial charge in [-0.1, -0.05) is 0 Å². The molecule has 2 unspecified atom stereocenters. The molecular weight excluding hydrogens is 294 g/mol. The first-order chi connectivity index (χ1) is 10.9. The molecule has 126 valence electrons. The summed E-state index contributed by atoms with van der Waals surface area (Å²) in [6.07, 6.45) is 6.41. The number of hydrogen-bond acceptors (Lipinski definition) is 5. The summed E-state index contributed by atoms with van der Waals surface area (Å²) in [4.78, 5) is 14.0. The number of likely N-dealkylation sites (tertiary alicyclic amines) is 1. The normalized spacial score (nSPS) is 44.8. The van der Waals surface area contributed by atoms with Crippen LogP contribution in [0.5, 0.6) is 0 Å². The standard InChI is InChI=1S/C17H24N3O3/c18-9-14-2-1-3-19(14)15(21)10-20(23)16-5-12-4-13(6-16)8-17(22,7-12)11-16/h12-14,22H,1-8,10-11H2/q-1/t12-,13+,14-,16?,17?/m0/s1. The zero-order valence-electron chi connectivity index (χ0n) is 13.4. The maximum Gasteiger partial charge on any atom is 0.236 e. The first kappa shape index (κ1) is 15.4. The molecule has 6 nitrogen and oxygen atoms in total. The Morgan fingerprint density at radius 2 is 2.04 bits per heavy atom. The van der Waals surface area contributed by atoms with Crippen LogP contribution in [0.25, 0.3) is 0 Å². The van der Waals surface area contributed by atoms with Gasteiger partial charge in [0.25, 0.3) is 0 Å². The van der Waals surface area contributed by atoms with Gasteiger partial charge in [-0.3, -0.25) is 4.79 Å². The molecule has 5 atom stereocenters. The molecule has 0 aromatic rings. The molecule has 0 radical (unpaired) electrons. The maximum atomic E-state index is 12.9. The summed E-state index contributed by atoms with van der Waals surface area (Å²) >= 11 is 0. The van der Waals surface area contributed by atoms with Crippen LogP contribution in [-0.2, 0) is 4.79 Å². The van der Waals surface area contributed by atoms with E-state index < -0.39 is 11.1 Å². The second-order valence-corrected chi connectivity index (χ2v) is 8.32. The zero-order valence-corrected chi connectivity index (χ0v) is 13.4. The first-order valence-corrected chi connectivity index (χ1v) is 8.79. The van der Waals surface area contributed by atoms with E-state index in [-0.39, 0.29) is 18.5 Å². The largest absolute Gasteiger partial charge is 0.784 e. The van der Waals surface area contributed by atoms with E-state index in [1.165, 1.54) is 0 Å². The number of hydroxylamine groups is 2. The number of rotatable bonds is 3. The van der Waals surface area contributed by atoms with Crippen LogP contribution in [0.1, 0.15) is 51.4 Å². The molecule has 0 aromatic heterocycles. The van der Waals surface area contributed by atoms with Gasteiger partial charge in [-0.25, -0.2) is 0 Å². The van der Waals surface area contributed by atoms with Crippen molar-refractivity contribution in [2.45, 2.75) is 68.5 Å². The van der Waals surface area contributed by atoms with Crippen LogP contribution in [0.15, 0.2) is 0 Å². The van der Waals surface area contributed by atoms with Crippen molar-refractivity contribution in [2.75, 3.05) is 13.1 Å². The van der Waals surface area contributed by atoms with Crippen molar-refractivity contribution in [3.8, 4) is 6.07 Å². The van der Waals surface area contributed by atoms with Crippen LogP contribution in [-0.4, -0.2) is 51.2 Å². The molecule has 1 heterocycles. The number of nitriles is 1. The van der Waals surface area contributed by atoms with Gasteiger partial charge < -0.3 is 20.3 Å². The molecule has 23 heavy (non-hydrogen) atoms. The topological polar surface area (TPSA) is 90.6 Å². The monoisotopic (exact) mass is 318 g/mol. The molecule has 5 rings (SSSR count). The fourth-order valence-electron chi connectivity index (χ4n) is 6.04. The number of carbonyl (C=O) groups excluding carboxylic acids is 1. The van der Waals surface area contributed by atoms with Gasteiger partial charge in [0.1, 0.15) is 6.04 Å². The Balaban J connectivity index is 1.48. The lowest BCUT2D eigenvalue weighted by molar-refractivity contribution is -0.170. The Hall–Kier alpha value is -1.16. The summed E-state index contributed by atoms with van der Waals surface area (Å²) < 4.78 is 0. The number of carbonyl (C=O) groups is 1. The second kappa shape index (κ2) is 5.17. The summed E-state index contributed by atoms with van der Waals surface area (Å²) in [6.45, 7) is 0.404. The van der Waals surface area contributed by atoms with Crippen molar-refractivity contribution in [1.82, 2.24) is 9.96 Å². The third-order valence-electron chi connectivity index (χ3n) is 6.53. The third kappa shape index (κ3) is 2.46. The van der Waals surface area contributed by atoms with Crippen LogP contribution >= 0.6 is 0 Å². The SMILES string of the molecule is N#C[C@@H]1CCCN1C(=O)CN([O-])C12C[C@@H]3C[C@@H](CC(O)(C3)C1)C2. The zero-order chi connectivity index (χ0) is 16.2. The van der Waals surface area contributed by atoms with Gasteiger partial charge in [-0.05, 0) is 63.2 Å². The van der Waals surface area contributed by atoms with Gasteiger partial charge in [0.15, 0.2) is 0 Å². The molecule has 0 aromatic carbocycles. The lowest BCUT2D eigenvalue weighted by atomic mass is 9.51. The van der Waals surface area contributed by atoms with Crippen LogP contribution in [0.2, 0.25) is 0 Å². The van der Waals surface area contributed by atoms with Crippen LogP contribution in [0, 0.1) is 28.4 Å². The van der Waals surface area contributed by atoms with Gasteiger partial charge in [0, 0.05) is 12.1 Å². The summed E-state index contributed by atoms with van der Waals surface area (Å²) in [5.74, 6) is 0.615. The number of aliphatic hydroxyl groups is 1. The highest BCUT2D eigenvalue weighted by Gasteiger charge is 2.57. The third-order valence-corrected chi connectivity index (χ3v) is 6.53. The van der Waals surface area contributed by atoms with Crippen molar-refractivity contribution in [3.05, 3.63) is 5.21 Å². The van der Waals surface area contributed by atoms with Crippen molar-refractivity contribution < 1.29 is 9.90 Å². The molecule has 5 fully saturated rings. The van der Waals surface area contributed by atoms with E-state index in [1.54, 1.807) is 4.90 Å². The van der Waals surface area contributed by atoms with Crippen LogP contribution in [0.4, 0.5) is 0 Å². The summed E-state index contributed by atoms with van der Waals surface area (Å²) in [5.41, 5.74) is -1.25. The smallest absolute Gasteiger partial charge is 0.236 e. The number of hydrogen-bond donors (Lipinski definition) is 1. The van der Waals surface area contributed by atoms with Crippen molar-refractivity contribution in [3.63, 3.8) is 0 Å². The summed E-state index contributed by atoms with van der Waals surface area (Å²) in [6, 6.07) is 1.78. The highest BCUT2D eigenvalue weighted by atomic mass is 16.5. The van der Waals surface area contributed by atoms with Gasteiger partial charge in [-0.15, -0.1) is 0 Å². The van der Waals surface area contributed by atoms with E-state index in [9.17, 15) is 15.1 Å². The van der Waals surface area contributed by atoms with Crippen molar-refractivity contribution in [1.29, 1.82) is 5.26 Å². The number of nitrogens with zero attached hydrogens (tertiary/aromatic N) is 3. The molecule has 1 N–H and O–H groups in total. The van der Waals surface area contributed by atoms with E-state index in [2.05, 4.69) is 6.07 Å². The second-order valence-electron chi connectivity index (χ2n) is 8.32. The number of amides is 1.